The summed E-state index contributed by atoms with van der Waals surface area (Å²) in [6, 6.07) is 0.732. The van der Waals surface area contributed by atoms with Crippen molar-refractivity contribution in [3.8, 4) is 0 Å². The van der Waals surface area contributed by atoms with Crippen LogP contribution in [0.15, 0.2) is 0 Å². The molecule has 0 aromatic carbocycles. The summed E-state index contributed by atoms with van der Waals surface area (Å²) in [5.74, 6) is 1.71. The van der Waals surface area contributed by atoms with Gasteiger partial charge in [0.25, 0.3) is 0 Å². The van der Waals surface area contributed by atoms with Gasteiger partial charge in [0.1, 0.15) is 0 Å². The van der Waals surface area contributed by atoms with Crippen LogP contribution in [0.4, 0.5) is 0 Å². The second kappa shape index (κ2) is 9.12. The van der Waals surface area contributed by atoms with Gasteiger partial charge >= 0.3 is 0 Å². The van der Waals surface area contributed by atoms with Gasteiger partial charge in [0, 0.05) is 25.7 Å². The Bertz CT molecular complexity index is 276. The highest BCUT2D eigenvalue weighted by atomic mass is 16.5. The number of hydrogen-bond donors (Lipinski definition) is 1. The normalized spacial score (nSPS) is 34.3. The maximum Gasteiger partial charge on any atom is 0.0701 e. The Morgan fingerprint density at radius 3 is 2.71 bits per heavy atom. The van der Waals surface area contributed by atoms with Crippen LogP contribution in [0, 0.1) is 11.8 Å². The highest BCUT2D eigenvalue weighted by Gasteiger charge is 2.29. The number of hydrogen-bond acceptors (Lipinski definition) is 3. The molecular weight excluding hydrogens is 260 g/mol. The molecule has 1 heterocycles. The Morgan fingerprint density at radius 2 is 2.00 bits per heavy atom. The molecule has 1 saturated heterocycles. The van der Waals surface area contributed by atoms with Gasteiger partial charge in [0.2, 0.25) is 0 Å². The van der Waals surface area contributed by atoms with E-state index in [0.717, 1.165) is 31.0 Å². The van der Waals surface area contributed by atoms with Crippen molar-refractivity contribution in [2.75, 3.05) is 33.3 Å². The van der Waals surface area contributed by atoms with Crippen molar-refractivity contribution in [2.45, 2.75) is 70.9 Å². The molecule has 0 amide bonds. The minimum absolute atomic E-state index is 0.479. The van der Waals surface area contributed by atoms with E-state index in [4.69, 9.17) is 4.74 Å². The van der Waals surface area contributed by atoms with Gasteiger partial charge in [-0.1, -0.05) is 13.8 Å². The second-order valence-corrected chi connectivity index (χ2v) is 7.45. The minimum atomic E-state index is 0.479. The Hall–Kier alpha value is -0.120. The van der Waals surface area contributed by atoms with Crippen molar-refractivity contribution in [1.82, 2.24) is 10.2 Å². The SMILES string of the molecule is CCCNC1CCC(C)CC1CN(C)CC1CCCCO1. The highest BCUT2D eigenvalue weighted by Crippen LogP contribution is 2.30. The van der Waals surface area contributed by atoms with Crippen molar-refractivity contribution in [3.05, 3.63) is 0 Å². The third-order valence-electron chi connectivity index (χ3n) is 5.24. The highest BCUT2D eigenvalue weighted by molar-refractivity contribution is 4.85. The van der Waals surface area contributed by atoms with E-state index in [1.807, 2.05) is 0 Å². The van der Waals surface area contributed by atoms with Gasteiger partial charge in [-0.2, -0.15) is 0 Å². The molecule has 4 atom stereocenters. The molecule has 3 nitrogen and oxygen atoms in total. The summed E-state index contributed by atoms with van der Waals surface area (Å²) < 4.78 is 5.89. The van der Waals surface area contributed by atoms with Crippen LogP contribution in [-0.2, 0) is 4.74 Å². The van der Waals surface area contributed by atoms with Crippen LogP contribution in [0.1, 0.15) is 58.8 Å². The fourth-order valence-corrected chi connectivity index (χ4v) is 4.07. The quantitative estimate of drug-likeness (QED) is 0.780. The minimum Gasteiger partial charge on any atom is -0.377 e. The van der Waals surface area contributed by atoms with Crippen LogP contribution in [-0.4, -0.2) is 50.3 Å². The first-order chi connectivity index (χ1) is 10.2. The third kappa shape index (κ3) is 5.88. The second-order valence-electron chi connectivity index (χ2n) is 7.45. The Balaban J connectivity index is 1.78. The first-order valence-corrected chi connectivity index (χ1v) is 9.22. The van der Waals surface area contributed by atoms with E-state index in [9.17, 15) is 0 Å². The van der Waals surface area contributed by atoms with Crippen molar-refractivity contribution >= 4 is 0 Å². The van der Waals surface area contributed by atoms with Crippen LogP contribution in [0.2, 0.25) is 0 Å². The summed E-state index contributed by atoms with van der Waals surface area (Å²) >= 11 is 0. The van der Waals surface area contributed by atoms with E-state index in [-0.39, 0.29) is 0 Å². The third-order valence-corrected chi connectivity index (χ3v) is 5.24. The van der Waals surface area contributed by atoms with Gasteiger partial charge in [0.15, 0.2) is 0 Å². The summed E-state index contributed by atoms with van der Waals surface area (Å²) in [6.45, 7) is 9.18. The van der Waals surface area contributed by atoms with Crippen LogP contribution in [0.5, 0.6) is 0 Å². The van der Waals surface area contributed by atoms with E-state index >= 15 is 0 Å². The standard InChI is InChI=1S/C18H36N2O/c1-4-10-19-18-9-8-15(2)12-16(18)13-20(3)14-17-7-5-6-11-21-17/h15-19H,4-14H2,1-3H3. The molecule has 1 saturated carbocycles. The number of likely N-dealkylation sites (N-methyl/N-ethyl adjacent to an activating group) is 1. The maximum absolute atomic E-state index is 5.89. The van der Waals surface area contributed by atoms with Crippen LogP contribution in [0.3, 0.4) is 0 Å². The molecule has 0 radical (unpaired) electrons. The lowest BCUT2D eigenvalue weighted by atomic mass is 9.78. The van der Waals surface area contributed by atoms with Crippen molar-refractivity contribution in [1.29, 1.82) is 0 Å². The van der Waals surface area contributed by atoms with Gasteiger partial charge in [0.05, 0.1) is 6.10 Å². The Labute approximate surface area is 131 Å². The van der Waals surface area contributed by atoms with Gasteiger partial charge in [-0.3, -0.25) is 0 Å². The van der Waals surface area contributed by atoms with Crippen LogP contribution >= 0.6 is 0 Å². The van der Waals surface area contributed by atoms with Crippen molar-refractivity contribution < 1.29 is 4.74 Å². The molecule has 4 unspecified atom stereocenters. The first-order valence-electron chi connectivity index (χ1n) is 9.22. The molecule has 2 fully saturated rings. The van der Waals surface area contributed by atoms with Crippen molar-refractivity contribution in [3.63, 3.8) is 0 Å². The average Bonchev–Trinajstić information content (AvgIpc) is 2.47. The number of rotatable bonds is 7. The van der Waals surface area contributed by atoms with Crippen LogP contribution < -0.4 is 5.32 Å². The molecule has 3 heteroatoms. The predicted molar refractivity (Wildman–Crippen MR) is 89.7 cm³/mol. The maximum atomic E-state index is 5.89. The molecule has 124 valence electrons. The molecule has 2 aliphatic rings. The fourth-order valence-electron chi connectivity index (χ4n) is 4.07. The zero-order valence-electron chi connectivity index (χ0n) is 14.4. The van der Waals surface area contributed by atoms with Gasteiger partial charge in [-0.05, 0) is 70.4 Å². The molecule has 1 N–H and O–H groups in total. The number of ether oxygens (including phenoxy) is 1. The van der Waals surface area contributed by atoms with Crippen LogP contribution in [0.25, 0.3) is 0 Å². The molecule has 0 aromatic heterocycles. The van der Waals surface area contributed by atoms with Gasteiger partial charge in [-0.15, -0.1) is 0 Å². The molecule has 0 aromatic rings. The summed E-state index contributed by atoms with van der Waals surface area (Å²) in [5, 5.41) is 3.79. The molecule has 1 aliphatic heterocycles. The Morgan fingerprint density at radius 1 is 1.14 bits per heavy atom. The first kappa shape index (κ1) is 17.2. The van der Waals surface area contributed by atoms with E-state index in [1.165, 1.54) is 58.0 Å². The summed E-state index contributed by atoms with van der Waals surface area (Å²) in [6.07, 6.45) is 9.72. The van der Waals surface area contributed by atoms with Gasteiger partial charge < -0.3 is 15.0 Å². The van der Waals surface area contributed by atoms with E-state index in [1.54, 1.807) is 0 Å². The molecule has 21 heavy (non-hydrogen) atoms. The largest absolute Gasteiger partial charge is 0.377 e. The van der Waals surface area contributed by atoms with E-state index in [2.05, 4.69) is 31.1 Å². The lowest BCUT2D eigenvalue weighted by Crippen LogP contribution is -2.46. The van der Waals surface area contributed by atoms with E-state index in [0.29, 0.717) is 6.10 Å². The molecule has 0 bridgehead atoms. The molecule has 1 aliphatic carbocycles. The fraction of sp³-hybridized carbons (Fsp3) is 1.00. The monoisotopic (exact) mass is 296 g/mol. The summed E-state index contributed by atoms with van der Waals surface area (Å²) in [7, 11) is 2.29. The smallest absolute Gasteiger partial charge is 0.0701 e. The number of nitrogens with one attached hydrogen (secondary N) is 1. The molecule has 0 spiro atoms. The average molecular weight is 296 g/mol. The number of nitrogens with zero attached hydrogens (tertiary/aromatic N) is 1. The topological polar surface area (TPSA) is 24.5 Å². The zero-order valence-corrected chi connectivity index (χ0v) is 14.4. The summed E-state index contributed by atoms with van der Waals surface area (Å²) in [4.78, 5) is 2.53. The lowest BCUT2D eigenvalue weighted by Gasteiger charge is -2.38. The van der Waals surface area contributed by atoms with E-state index < -0.39 is 0 Å². The lowest BCUT2D eigenvalue weighted by molar-refractivity contribution is -0.00577. The summed E-state index contributed by atoms with van der Waals surface area (Å²) in [5.41, 5.74) is 0. The zero-order chi connectivity index (χ0) is 15.1. The molecular formula is C18H36N2O. The predicted octanol–water partition coefficient (Wildman–Crippen LogP) is 3.29. The Kier molecular flexibility index (Phi) is 7.48. The van der Waals surface area contributed by atoms with Gasteiger partial charge in [-0.25, -0.2) is 0 Å². The molecule has 2 rings (SSSR count). The van der Waals surface area contributed by atoms with Crippen molar-refractivity contribution in [2.24, 2.45) is 11.8 Å².